The first-order valence-electron chi connectivity index (χ1n) is 6.14. The molecular weight excluding hydrogens is 331 g/mol. The molecule has 2 rings (SSSR count). The van der Waals surface area contributed by atoms with Crippen molar-refractivity contribution in [2.24, 2.45) is 0 Å². The molecule has 0 aliphatic carbocycles. The van der Waals surface area contributed by atoms with Crippen LogP contribution in [0.15, 0.2) is 47.4 Å². The molecule has 2 aromatic rings. The molecule has 0 amide bonds. The highest BCUT2D eigenvalue weighted by molar-refractivity contribution is 7.92. The summed E-state index contributed by atoms with van der Waals surface area (Å²) >= 11 is 11.7. The average Bonchev–Trinajstić information content (AvgIpc) is 2.44. The molecule has 21 heavy (non-hydrogen) atoms. The van der Waals surface area contributed by atoms with Crippen LogP contribution in [0, 0.1) is 0 Å². The fourth-order valence-electron chi connectivity index (χ4n) is 1.76. The Kier molecular flexibility index (Phi) is 5.11. The molecule has 0 unspecified atom stereocenters. The first-order chi connectivity index (χ1) is 9.92. The summed E-state index contributed by atoms with van der Waals surface area (Å²) in [7, 11) is -1.82. The zero-order valence-electron chi connectivity index (χ0n) is 11.2. The van der Waals surface area contributed by atoms with Crippen LogP contribution in [0.4, 0.5) is 5.69 Å². The van der Waals surface area contributed by atoms with Crippen LogP contribution < -0.4 is 10.0 Å². The third-order valence-corrected chi connectivity index (χ3v) is 4.92. The van der Waals surface area contributed by atoms with E-state index < -0.39 is 10.0 Å². The van der Waals surface area contributed by atoms with E-state index in [9.17, 15) is 8.42 Å². The fraction of sp³-hybridized carbons (Fsp3) is 0.143. The molecule has 0 radical (unpaired) electrons. The highest BCUT2D eigenvalue weighted by atomic mass is 35.5. The van der Waals surface area contributed by atoms with Gasteiger partial charge in [0, 0.05) is 6.54 Å². The van der Waals surface area contributed by atoms with E-state index in [0.717, 1.165) is 5.56 Å². The van der Waals surface area contributed by atoms with E-state index in [4.69, 9.17) is 23.2 Å². The fourth-order valence-corrected chi connectivity index (χ4v) is 3.11. The van der Waals surface area contributed by atoms with E-state index in [2.05, 4.69) is 10.0 Å². The second-order valence-corrected chi connectivity index (χ2v) is 6.91. The summed E-state index contributed by atoms with van der Waals surface area (Å²) in [5, 5.41) is 3.67. The van der Waals surface area contributed by atoms with E-state index >= 15 is 0 Å². The van der Waals surface area contributed by atoms with Gasteiger partial charge in [0.25, 0.3) is 10.0 Å². The van der Waals surface area contributed by atoms with Crippen LogP contribution in [0.25, 0.3) is 0 Å². The van der Waals surface area contributed by atoms with Crippen molar-refractivity contribution in [1.82, 2.24) is 5.32 Å². The van der Waals surface area contributed by atoms with Crippen molar-refractivity contribution in [2.45, 2.75) is 11.4 Å². The molecule has 0 aliphatic heterocycles. The Bertz CT molecular complexity index is 731. The van der Waals surface area contributed by atoms with Gasteiger partial charge in [-0.15, -0.1) is 0 Å². The first kappa shape index (κ1) is 16.1. The number of benzene rings is 2. The van der Waals surface area contributed by atoms with Crippen molar-refractivity contribution < 1.29 is 8.42 Å². The molecule has 0 aliphatic rings. The third kappa shape index (κ3) is 4.11. The van der Waals surface area contributed by atoms with E-state index in [1.165, 1.54) is 12.1 Å². The summed E-state index contributed by atoms with van der Waals surface area (Å²) in [6, 6.07) is 11.2. The summed E-state index contributed by atoms with van der Waals surface area (Å²) in [6.45, 7) is 0.681. The summed E-state index contributed by atoms with van der Waals surface area (Å²) in [5.41, 5.74) is 1.37. The van der Waals surface area contributed by atoms with Gasteiger partial charge >= 0.3 is 0 Å². The molecule has 2 aromatic carbocycles. The van der Waals surface area contributed by atoms with Gasteiger partial charge in [-0.25, -0.2) is 8.42 Å². The van der Waals surface area contributed by atoms with Gasteiger partial charge in [0.05, 0.1) is 20.6 Å². The lowest BCUT2D eigenvalue weighted by Gasteiger charge is -2.09. The van der Waals surface area contributed by atoms with Crippen molar-refractivity contribution in [2.75, 3.05) is 11.8 Å². The van der Waals surface area contributed by atoms with Gasteiger partial charge in [0.2, 0.25) is 0 Å². The lowest BCUT2D eigenvalue weighted by molar-refractivity contribution is 0.601. The average molecular weight is 345 g/mol. The van der Waals surface area contributed by atoms with Crippen LogP contribution in [0.1, 0.15) is 5.56 Å². The first-order valence-corrected chi connectivity index (χ1v) is 8.38. The van der Waals surface area contributed by atoms with Crippen molar-refractivity contribution in [1.29, 1.82) is 0 Å². The number of halogens is 2. The zero-order valence-corrected chi connectivity index (χ0v) is 13.6. The monoisotopic (exact) mass is 344 g/mol. The Morgan fingerprint density at radius 2 is 1.67 bits per heavy atom. The van der Waals surface area contributed by atoms with E-state index in [1.54, 1.807) is 30.3 Å². The topological polar surface area (TPSA) is 58.2 Å². The maximum absolute atomic E-state index is 12.3. The van der Waals surface area contributed by atoms with Crippen LogP contribution in [-0.2, 0) is 16.6 Å². The van der Waals surface area contributed by atoms with Gasteiger partial charge in [-0.05, 0) is 42.9 Å². The SMILES string of the molecule is CNCc1ccc(S(=O)(=O)Nc2ccc(Cl)c(Cl)c2)cc1. The largest absolute Gasteiger partial charge is 0.316 e. The number of hydrogen-bond donors (Lipinski definition) is 2. The Labute approximate surface area is 134 Å². The Hall–Kier alpha value is -1.27. The Balaban J connectivity index is 2.23. The van der Waals surface area contributed by atoms with Crippen LogP contribution in [0.5, 0.6) is 0 Å². The lowest BCUT2D eigenvalue weighted by Crippen LogP contribution is -2.13. The van der Waals surface area contributed by atoms with Gasteiger partial charge in [-0.1, -0.05) is 35.3 Å². The molecule has 7 heteroatoms. The molecule has 0 atom stereocenters. The Morgan fingerprint density at radius 1 is 1.00 bits per heavy atom. The highest BCUT2D eigenvalue weighted by Gasteiger charge is 2.14. The minimum atomic E-state index is -3.65. The van der Waals surface area contributed by atoms with Gasteiger partial charge < -0.3 is 5.32 Å². The highest BCUT2D eigenvalue weighted by Crippen LogP contribution is 2.26. The normalized spacial score (nSPS) is 11.4. The lowest BCUT2D eigenvalue weighted by atomic mass is 10.2. The predicted octanol–water partition coefficient (Wildman–Crippen LogP) is 3.51. The van der Waals surface area contributed by atoms with Gasteiger partial charge in [-0.2, -0.15) is 0 Å². The van der Waals surface area contributed by atoms with Gasteiger partial charge in [-0.3, -0.25) is 4.72 Å². The van der Waals surface area contributed by atoms with E-state index in [1.807, 2.05) is 7.05 Å². The van der Waals surface area contributed by atoms with Gasteiger partial charge in [0.15, 0.2) is 0 Å². The van der Waals surface area contributed by atoms with E-state index in [0.29, 0.717) is 22.3 Å². The second kappa shape index (κ2) is 6.66. The Morgan fingerprint density at radius 3 is 2.24 bits per heavy atom. The molecule has 0 spiro atoms. The third-order valence-electron chi connectivity index (χ3n) is 2.79. The maximum atomic E-state index is 12.3. The summed E-state index contributed by atoms with van der Waals surface area (Å²) in [5.74, 6) is 0. The quantitative estimate of drug-likeness (QED) is 0.872. The number of sulfonamides is 1. The van der Waals surface area contributed by atoms with Crippen LogP contribution >= 0.6 is 23.2 Å². The van der Waals surface area contributed by atoms with Crippen LogP contribution in [-0.4, -0.2) is 15.5 Å². The van der Waals surface area contributed by atoms with Crippen molar-refractivity contribution in [3.8, 4) is 0 Å². The van der Waals surface area contributed by atoms with Crippen LogP contribution in [0.2, 0.25) is 10.0 Å². The maximum Gasteiger partial charge on any atom is 0.261 e. The minimum absolute atomic E-state index is 0.188. The molecule has 0 saturated heterocycles. The number of rotatable bonds is 5. The predicted molar refractivity (Wildman–Crippen MR) is 86.5 cm³/mol. The molecule has 2 N–H and O–H groups in total. The molecule has 0 heterocycles. The van der Waals surface area contributed by atoms with Crippen LogP contribution in [0.3, 0.4) is 0 Å². The molecule has 0 saturated carbocycles. The summed E-state index contributed by atoms with van der Waals surface area (Å²) < 4.78 is 27.0. The summed E-state index contributed by atoms with van der Waals surface area (Å²) in [4.78, 5) is 0.188. The zero-order chi connectivity index (χ0) is 15.5. The van der Waals surface area contributed by atoms with Crippen molar-refractivity contribution in [3.05, 3.63) is 58.1 Å². The molecule has 4 nitrogen and oxygen atoms in total. The molecule has 0 bridgehead atoms. The van der Waals surface area contributed by atoms with E-state index in [-0.39, 0.29) is 4.90 Å². The van der Waals surface area contributed by atoms with Crippen molar-refractivity contribution in [3.63, 3.8) is 0 Å². The minimum Gasteiger partial charge on any atom is -0.316 e. The van der Waals surface area contributed by atoms with Crippen molar-refractivity contribution >= 4 is 38.9 Å². The second-order valence-electron chi connectivity index (χ2n) is 4.41. The molecule has 0 fully saturated rings. The number of nitrogens with one attached hydrogen (secondary N) is 2. The molecule has 0 aromatic heterocycles. The summed E-state index contributed by atoms with van der Waals surface area (Å²) in [6.07, 6.45) is 0. The number of anilines is 1. The molecular formula is C14H14Cl2N2O2S. The van der Waals surface area contributed by atoms with Gasteiger partial charge in [0.1, 0.15) is 0 Å². The number of hydrogen-bond acceptors (Lipinski definition) is 3. The smallest absolute Gasteiger partial charge is 0.261 e. The molecule has 112 valence electrons. The standard InChI is InChI=1S/C14H14Cl2N2O2S/c1-17-9-10-2-5-12(6-3-10)21(19,20)18-11-4-7-13(15)14(16)8-11/h2-8,17-18H,9H2,1H3.